The van der Waals surface area contributed by atoms with Crippen molar-refractivity contribution in [2.75, 3.05) is 19.8 Å². The van der Waals surface area contributed by atoms with Gasteiger partial charge in [0, 0.05) is 13.2 Å². The average Bonchev–Trinajstić information content (AvgIpc) is 2.58. The van der Waals surface area contributed by atoms with Crippen LogP contribution in [0.25, 0.3) is 0 Å². The number of rotatable bonds is 7. The normalized spacial score (nSPS) is 10.7. The SMILES string of the molecule is CCOCCCNCc1ccc(Br)o1. The molecule has 1 aromatic rings. The minimum Gasteiger partial charge on any atom is -0.453 e. The van der Waals surface area contributed by atoms with Crippen molar-refractivity contribution < 1.29 is 9.15 Å². The molecule has 0 unspecified atom stereocenters. The number of hydrogen-bond donors (Lipinski definition) is 1. The zero-order valence-electron chi connectivity index (χ0n) is 8.38. The molecule has 0 saturated carbocycles. The molecule has 0 aliphatic carbocycles. The van der Waals surface area contributed by atoms with Crippen LogP contribution in [0.15, 0.2) is 21.2 Å². The fourth-order valence-corrected chi connectivity index (χ4v) is 1.44. The Kier molecular flexibility index (Phi) is 5.91. The van der Waals surface area contributed by atoms with Crippen molar-refractivity contribution in [1.82, 2.24) is 5.32 Å². The van der Waals surface area contributed by atoms with Gasteiger partial charge in [-0.05, 0) is 48.0 Å². The van der Waals surface area contributed by atoms with Crippen LogP contribution in [0.3, 0.4) is 0 Å². The van der Waals surface area contributed by atoms with Gasteiger partial charge in [0.2, 0.25) is 0 Å². The fourth-order valence-electron chi connectivity index (χ4n) is 1.10. The predicted octanol–water partition coefficient (Wildman–Crippen LogP) is 2.56. The molecule has 0 atom stereocenters. The highest BCUT2D eigenvalue weighted by atomic mass is 79.9. The smallest absolute Gasteiger partial charge is 0.169 e. The summed E-state index contributed by atoms with van der Waals surface area (Å²) in [6.45, 7) is 5.36. The summed E-state index contributed by atoms with van der Waals surface area (Å²) in [6.07, 6.45) is 1.04. The van der Waals surface area contributed by atoms with Crippen molar-refractivity contribution in [3.63, 3.8) is 0 Å². The number of nitrogens with one attached hydrogen (secondary N) is 1. The van der Waals surface area contributed by atoms with Crippen molar-refractivity contribution in [2.45, 2.75) is 19.9 Å². The van der Waals surface area contributed by atoms with Crippen LogP contribution in [0, 0.1) is 0 Å². The van der Waals surface area contributed by atoms with E-state index in [1.165, 1.54) is 0 Å². The molecule has 0 radical (unpaired) electrons. The number of furan rings is 1. The van der Waals surface area contributed by atoms with Crippen molar-refractivity contribution in [3.05, 3.63) is 22.6 Å². The molecule has 4 heteroatoms. The second-order valence-electron chi connectivity index (χ2n) is 2.93. The lowest BCUT2D eigenvalue weighted by Gasteiger charge is -2.02. The van der Waals surface area contributed by atoms with E-state index in [1.54, 1.807) is 0 Å². The van der Waals surface area contributed by atoms with Gasteiger partial charge in [-0.3, -0.25) is 0 Å². The number of ether oxygens (including phenoxy) is 1. The largest absolute Gasteiger partial charge is 0.453 e. The molecule has 1 heterocycles. The molecular formula is C10H16BrNO2. The Morgan fingerprint density at radius 1 is 1.50 bits per heavy atom. The van der Waals surface area contributed by atoms with E-state index in [4.69, 9.17) is 9.15 Å². The van der Waals surface area contributed by atoms with Gasteiger partial charge in [0.25, 0.3) is 0 Å². The van der Waals surface area contributed by atoms with Crippen LogP contribution in [-0.2, 0) is 11.3 Å². The van der Waals surface area contributed by atoms with Crippen LogP contribution in [0.1, 0.15) is 19.1 Å². The summed E-state index contributed by atoms with van der Waals surface area (Å²) in [7, 11) is 0. The lowest BCUT2D eigenvalue weighted by Crippen LogP contribution is -2.15. The highest BCUT2D eigenvalue weighted by Crippen LogP contribution is 2.13. The summed E-state index contributed by atoms with van der Waals surface area (Å²) in [5, 5.41) is 3.28. The molecule has 0 bridgehead atoms. The third-order valence-corrected chi connectivity index (χ3v) is 2.20. The van der Waals surface area contributed by atoms with Crippen LogP contribution in [0.2, 0.25) is 0 Å². The maximum atomic E-state index is 5.33. The first-order chi connectivity index (χ1) is 6.83. The van der Waals surface area contributed by atoms with Gasteiger partial charge in [-0.25, -0.2) is 0 Å². The van der Waals surface area contributed by atoms with E-state index in [2.05, 4.69) is 21.2 Å². The molecule has 0 spiro atoms. The minimum absolute atomic E-state index is 0.776. The standard InChI is InChI=1S/C10H16BrNO2/c1-2-13-7-3-6-12-8-9-4-5-10(11)14-9/h4-5,12H,2-3,6-8H2,1H3. The predicted molar refractivity (Wildman–Crippen MR) is 59.2 cm³/mol. The molecule has 80 valence electrons. The third kappa shape index (κ3) is 4.79. The first-order valence-electron chi connectivity index (χ1n) is 4.85. The summed E-state index contributed by atoms with van der Waals surface area (Å²) >= 11 is 3.26. The Bertz CT molecular complexity index is 250. The molecule has 0 aliphatic rings. The maximum Gasteiger partial charge on any atom is 0.169 e. The van der Waals surface area contributed by atoms with Gasteiger partial charge in [-0.1, -0.05) is 0 Å². The van der Waals surface area contributed by atoms with Crippen LogP contribution in [-0.4, -0.2) is 19.8 Å². The molecule has 1 rings (SSSR count). The Labute approximate surface area is 92.9 Å². The van der Waals surface area contributed by atoms with Crippen LogP contribution >= 0.6 is 15.9 Å². The molecule has 0 aliphatic heterocycles. The highest BCUT2D eigenvalue weighted by Gasteiger charge is 1.97. The minimum atomic E-state index is 0.776. The van der Waals surface area contributed by atoms with Gasteiger partial charge in [0.05, 0.1) is 6.54 Å². The summed E-state index contributed by atoms with van der Waals surface area (Å²) < 4.78 is 11.3. The molecule has 1 aromatic heterocycles. The van der Waals surface area contributed by atoms with Gasteiger partial charge in [-0.15, -0.1) is 0 Å². The Balaban J connectivity index is 1.99. The van der Waals surface area contributed by atoms with Crippen molar-refractivity contribution in [2.24, 2.45) is 0 Å². The number of hydrogen-bond acceptors (Lipinski definition) is 3. The van der Waals surface area contributed by atoms with Gasteiger partial charge < -0.3 is 14.5 Å². The molecule has 0 aromatic carbocycles. The van der Waals surface area contributed by atoms with Gasteiger partial charge in [0.1, 0.15) is 5.76 Å². The van der Waals surface area contributed by atoms with Gasteiger partial charge in [-0.2, -0.15) is 0 Å². The molecular weight excluding hydrogens is 246 g/mol. The molecule has 0 fully saturated rings. The van der Waals surface area contributed by atoms with E-state index >= 15 is 0 Å². The monoisotopic (exact) mass is 261 g/mol. The fraction of sp³-hybridized carbons (Fsp3) is 0.600. The average molecular weight is 262 g/mol. The first kappa shape index (κ1) is 11.8. The summed E-state index contributed by atoms with van der Waals surface area (Å²) in [5.74, 6) is 0.952. The molecule has 3 nitrogen and oxygen atoms in total. The van der Waals surface area contributed by atoms with Crippen molar-refractivity contribution >= 4 is 15.9 Å². The van der Waals surface area contributed by atoms with Gasteiger partial charge >= 0.3 is 0 Å². The summed E-state index contributed by atoms with van der Waals surface area (Å²) in [6, 6.07) is 3.86. The Morgan fingerprint density at radius 3 is 3.00 bits per heavy atom. The lowest BCUT2D eigenvalue weighted by atomic mass is 10.4. The highest BCUT2D eigenvalue weighted by molar-refractivity contribution is 9.10. The van der Waals surface area contributed by atoms with Crippen LogP contribution in [0.5, 0.6) is 0 Å². The molecule has 0 saturated heterocycles. The Hall–Kier alpha value is -0.320. The zero-order valence-corrected chi connectivity index (χ0v) is 9.97. The molecule has 1 N–H and O–H groups in total. The summed E-state index contributed by atoms with van der Waals surface area (Å²) in [4.78, 5) is 0. The van der Waals surface area contributed by atoms with E-state index < -0.39 is 0 Å². The van der Waals surface area contributed by atoms with Crippen molar-refractivity contribution in [3.8, 4) is 0 Å². The number of halogens is 1. The Morgan fingerprint density at radius 2 is 2.36 bits per heavy atom. The van der Waals surface area contributed by atoms with E-state index in [0.717, 1.165) is 43.2 Å². The van der Waals surface area contributed by atoms with E-state index in [9.17, 15) is 0 Å². The first-order valence-corrected chi connectivity index (χ1v) is 5.65. The second kappa shape index (κ2) is 7.04. The van der Waals surface area contributed by atoms with E-state index in [-0.39, 0.29) is 0 Å². The quantitative estimate of drug-likeness (QED) is 0.767. The maximum absolute atomic E-state index is 5.33. The van der Waals surface area contributed by atoms with E-state index in [0.29, 0.717) is 0 Å². The lowest BCUT2D eigenvalue weighted by molar-refractivity contribution is 0.144. The molecule has 0 amide bonds. The zero-order chi connectivity index (χ0) is 10.2. The second-order valence-corrected chi connectivity index (χ2v) is 3.71. The van der Waals surface area contributed by atoms with E-state index in [1.807, 2.05) is 19.1 Å². The van der Waals surface area contributed by atoms with Crippen LogP contribution < -0.4 is 5.32 Å². The topological polar surface area (TPSA) is 34.4 Å². The van der Waals surface area contributed by atoms with Crippen LogP contribution in [0.4, 0.5) is 0 Å². The van der Waals surface area contributed by atoms with Gasteiger partial charge in [0.15, 0.2) is 4.67 Å². The summed E-state index contributed by atoms with van der Waals surface area (Å²) in [5.41, 5.74) is 0. The third-order valence-electron chi connectivity index (χ3n) is 1.77. The van der Waals surface area contributed by atoms with Crippen molar-refractivity contribution in [1.29, 1.82) is 0 Å². The molecule has 14 heavy (non-hydrogen) atoms.